The van der Waals surface area contributed by atoms with Gasteiger partial charge in [-0.1, -0.05) is 13.0 Å². The highest BCUT2D eigenvalue weighted by molar-refractivity contribution is 7.10. The first-order valence-corrected chi connectivity index (χ1v) is 6.14. The van der Waals surface area contributed by atoms with Crippen molar-refractivity contribution in [2.24, 2.45) is 0 Å². The van der Waals surface area contributed by atoms with Gasteiger partial charge in [0.1, 0.15) is 6.10 Å². The van der Waals surface area contributed by atoms with E-state index in [-0.39, 0.29) is 6.10 Å². The molecule has 0 aliphatic heterocycles. The molecule has 0 aromatic carbocycles. The van der Waals surface area contributed by atoms with Gasteiger partial charge in [0.15, 0.2) is 0 Å². The maximum Gasteiger partial charge on any atom is 0.109 e. The Labute approximate surface area is 89.1 Å². The van der Waals surface area contributed by atoms with E-state index in [4.69, 9.17) is 0 Å². The second kappa shape index (κ2) is 4.28. The van der Waals surface area contributed by atoms with Crippen LogP contribution in [0.5, 0.6) is 0 Å². The molecular weight excluding hydrogens is 192 g/mol. The average molecular weight is 208 g/mol. The number of aryl methyl sites for hydroxylation is 1. The molecule has 0 radical (unpaired) electrons. The number of hydrogen-bond acceptors (Lipinski definition) is 2. The van der Waals surface area contributed by atoms with Crippen molar-refractivity contribution in [1.29, 1.82) is 0 Å². The molecule has 1 aromatic heterocycles. The summed E-state index contributed by atoms with van der Waals surface area (Å²) in [7, 11) is 0. The Morgan fingerprint density at radius 2 is 2.43 bits per heavy atom. The summed E-state index contributed by atoms with van der Waals surface area (Å²) in [5, 5.41) is 12.2. The Morgan fingerprint density at radius 1 is 1.57 bits per heavy atom. The topological polar surface area (TPSA) is 20.2 Å². The third-order valence-corrected chi connectivity index (χ3v) is 3.85. The van der Waals surface area contributed by atoms with Crippen LogP contribution in [0.2, 0.25) is 0 Å². The van der Waals surface area contributed by atoms with Crippen molar-refractivity contribution < 1.29 is 5.11 Å². The van der Waals surface area contributed by atoms with E-state index in [1.54, 1.807) is 11.3 Å². The summed E-state index contributed by atoms with van der Waals surface area (Å²) in [6, 6.07) is 2.12. The Kier molecular flexibility index (Phi) is 3.04. The normalized spacial score (nSPS) is 18.3. The smallest absolute Gasteiger partial charge is 0.109 e. The van der Waals surface area contributed by atoms with E-state index >= 15 is 0 Å². The summed E-state index contributed by atoms with van der Waals surface area (Å²) < 4.78 is 0. The molecule has 0 saturated carbocycles. The minimum Gasteiger partial charge on any atom is -0.383 e. The minimum atomic E-state index is -0.326. The fourth-order valence-electron chi connectivity index (χ4n) is 1.99. The number of rotatable bonds is 3. The molecule has 1 aliphatic carbocycles. The van der Waals surface area contributed by atoms with Gasteiger partial charge in [-0.15, -0.1) is 11.3 Å². The molecule has 2 rings (SSSR count). The highest BCUT2D eigenvalue weighted by Gasteiger charge is 2.19. The molecule has 1 heterocycles. The lowest BCUT2D eigenvalue weighted by Crippen LogP contribution is -2.00. The predicted molar refractivity (Wildman–Crippen MR) is 60.6 cm³/mol. The van der Waals surface area contributed by atoms with E-state index in [0.717, 1.165) is 24.1 Å². The Morgan fingerprint density at radius 3 is 3.07 bits per heavy atom. The molecule has 1 aromatic rings. The molecular formula is C12H16OS. The summed E-state index contributed by atoms with van der Waals surface area (Å²) in [6.45, 7) is 2.14. The van der Waals surface area contributed by atoms with Gasteiger partial charge in [-0.25, -0.2) is 0 Å². The number of hydrogen-bond donors (Lipinski definition) is 1. The van der Waals surface area contributed by atoms with Gasteiger partial charge in [0.05, 0.1) is 0 Å². The fraction of sp³-hybridized carbons (Fsp3) is 0.500. The van der Waals surface area contributed by atoms with Crippen LogP contribution < -0.4 is 0 Å². The van der Waals surface area contributed by atoms with Crippen molar-refractivity contribution in [3.05, 3.63) is 33.5 Å². The van der Waals surface area contributed by atoms with Crippen LogP contribution in [0.4, 0.5) is 0 Å². The number of aliphatic hydroxyl groups is 1. The van der Waals surface area contributed by atoms with Crippen LogP contribution in [-0.2, 0) is 6.42 Å². The van der Waals surface area contributed by atoms with Gasteiger partial charge in [0.2, 0.25) is 0 Å². The van der Waals surface area contributed by atoms with Gasteiger partial charge < -0.3 is 5.11 Å². The van der Waals surface area contributed by atoms with Crippen molar-refractivity contribution in [1.82, 2.24) is 0 Å². The molecule has 0 amide bonds. The average Bonchev–Trinajstić information content (AvgIpc) is 2.87. The van der Waals surface area contributed by atoms with Gasteiger partial charge in [0.25, 0.3) is 0 Å². The van der Waals surface area contributed by atoms with Gasteiger partial charge in [-0.05, 0) is 48.3 Å². The summed E-state index contributed by atoms with van der Waals surface area (Å²) in [4.78, 5) is 1.15. The maximum atomic E-state index is 10.2. The molecule has 76 valence electrons. The van der Waals surface area contributed by atoms with E-state index in [0.29, 0.717) is 0 Å². The largest absolute Gasteiger partial charge is 0.383 e. The zero-order valence-corrected chi connectivity index (χ0v) is 9.31. The van der Waals surface area contributed by atoms with Gasteiger partial charge in [0, 0.05) is 4.88 Å². The summed E-state index contributed by atoms with van der Waals surface area (Å²) in [5.41, 5.74) is 2.53. The van der Waals surface area contributed by atoms with E-state index in [2.05, 4.69) is 24.4 Å². The molecule has 1 N–H and O–H groups in total. The van der Waals surface area contributed by atoms with Crippen LogP contribution in [0.25, 0.3) is 0 Å². The Bertz CT molecular complexity index is 338. The lowest BCUT2D eigenvalue weighted by Gasteiger charge is -2.11. The molecule has 0 spiro atoms. The summed E-state index contributed by atoms with van der Waals surface area (Å²) >= 11 is 1.68. The van der Waals surface area contributed by atoms with E-state index < -0.39 is 0 Å². The number of allylic oxidation sites excluding steroid dienone is 1. The molecule has 1 nitrogen and oxygen atoms in total. The van der Waals surface area contributed by atoms with Gasteiger partial charge in [-0.3, -0.25) is 0 Å². The van der Waals surface area contributed by atoms with Crippen LogP contribution in [0.3, 0.4) is 0 Å². The molecule has 2 heteroatoms. The highest BCUT2D eigenvalue weighted by atomic mass is 32.1. The van der Waals surface area contributed by atoms with E-state index in [1.165, 1.54) is 17.6 Å². The zero-order chi connectivity index (χ0) is 9.97. The van der Waals surface area contributed by atoms with Crippen LogP contribution in [0, 0.1) is 0 Å². The molecule has 0 fully saturated rings. The minimum absolute atomic E-state index is 0.326. The van der Waals surface area contributed by atoms with Crippen molar-refractivity contribution >= 4 is 11.3 Å². The number of aliphatic hydroxyl groups excluding tert-OH is 1. The lowest BCUT2D eigenvalue weighted by atomic mass is 10.0. The molecule has 1 atom stereocenters. The number of thiophene rings is 1. The second-order valence-corrected chi connectivity index (χ2v) is 4.69. The Balaban J connectivity index is 2.21. The summed E-state index contributed by atoms with van der Waals surface area (Å²) in [6.07, 6.45) is 6.31. The van der Waals surface area contributed by atoms with Crippen LogP contribution in [0.15, 0.2) is 23.1 Å². The highest BCUT2D eigenvalue weighted by Crippen LogP contribution is 2.35. The molecule has 1 unspecified atom stereocenters. The fourth-order valence-corrected chi connectivity index (χ4v) is 3.01. The van der Waals surface area contributed by atoms with Crippen LogP contribution in [-0.4, -0.2) is 5.11 Å². The first kappa shape index (κ1) is 9.94. The maximum absolute atomic E-state index is 10.2. The van der Waals surface area contributed by atoms with Crippen molar-refractivity contribution in [3.8, 4) is 0 Å². The Hall–Kier alpha value is -0.600. The lowest BCUT2D eigenvalue weighted by molar-refractivity contribution is 0.215. The van der Waals surface area contributed by atoms with Gasteiger partial charge >= 0.3 is 0 Å². The third-order valence-electron chi connectivity index (χ3n) is 2.84. The second-order valence-electron chi connectivity index (χ2n) is 3.74. The van der Waals surface area contributed by atoms with Crippen LogP contribution >= 0.6 is 11.3 Å². The molecule has 0 bridgehead atoms. The van der Waals surface area contributed by atoms with Crippen molar-refractivity contribution in [2.75, 3.05) is 0 Å². The third kappa shape index (κ3) is 1.77. The quantitative estimate of drug-likeness (QED) is 0.754. The molecule has 0 saturated heterocycles. The van der Waals surface area contributed by atoms with E-state index in [9.17, 15) is 5.11 Å². The monoisotopic (exact) mass is 208 g/mol. The molecule has 1 aliphatic rings. The standard InChI is InChI=1S/C12H16OS/c1-2-9-7-8-14-12(9)11(13)10-5-3-4-6-10/h5,7-8,11,13H,2-4,6H2,1H3. The molecule has 14 heavy (non-hydrogen) atoms. The summed E-state index contributed by atoms with van der Waals surface area (Å²) in [5.74, 6) is 0. The SMILES string of the molecule is CCc1ccsc1C(O)C1=CCCC1. The van der Waals surface area contributed by atoms with E-state index in [1.807, 2.05) is 0 Å². The van der Waals surface area contributed by atoms with Crippen molar-refractivity contribution in [3.63, 3.8) is 0 Å². The predicted octanol–water partition coefficient (Wildman–Crippen LogP) is 3.45. The first-order chi connectivity index (χ1) is 6.83. The van der Waals surface area contributed by atoms with Crippen LogP contribution in [0.1, 0.15) is 42.7 Å². The van der Waals surface area contributed by atoms with Gasteiger partial charge in [-0.2, -0.15) is 0 Å². The zero-order valence-electron chi connectivity index (χ0n) is 8.49. The first-order valence-electron chi connectivity index (χ1n) is 5.26. The van der Waals surface area contributed by atoms with Crippen molar-refractivity contribution in [2.45, 2.75) is 38.7 Å².